The van der Waals surface area contributed by atoms with Gasteiger partial charge in [-0.2, -0.15) is 0 Å². The molecule has 1 aromatic carbocycles. The fourth-order valence-electron chi connectivity index (χ4n) is 1.85. The summed E-state index contributed by atoms with van der Waals surface area (Å²) in [6, 6.07) is 9.56. The monoisotopic (exact) mass is 324 g/mol. The normalized spacial score (nSPS) is 12.4. The summed E-state index contributed by atoms with van der Waals surface area (Å²) in [6.45, 7) is 2.05. The van der Waals surface area contributed by atoms with E-state index in [1.807, 2.05) is 37.3 Å². The Morgan fingerprint density at radius 1 is 1.39 bits per heavy atom. The minimum atomic E-state index is -0.0924. The van der Waals surface area contributed by atoms with E-state index in [9.17, 15) is 0 Å². The predicted octanol–water partition coefficient (Wildman–Crippen LogP) is 4.05. The first-order chi connectivity index (χ1) is 8.58. The van der Waals surface area contributed by atoms with Gasteiger partial charge in [0.25, 0.3) is 0 Å². The van der Waals surface area contributed by atoms with Crippen LogP contribution in [0.5, 0.6) is 0 Å². The van der Waals surface area contributed by atoms with Crippen molar-refractivity contribution in [3.05, 3.63) is 62.8 Å². The van der Waals surface area contributed by atoms with Crippen molar-refractivity contribution in [2.24, 2.45) is 5.73 Å². The van der Waals surface area contributed by atoms with Crippen molar-refractivity contribution in [3.8, 4) is 0 Å². The van der Waals surface area contributed by atoms with Crippen LogP contribution in [0.1, 0.15) is 22.9 Å². The van der Waals surface area contributed by atoms with Crippen molar-refractivity contribution in [2.45, 2.75) is 19.4 Å². The van der Waals surface area contributed by atoms with Crippen LogP contribution in [0.2, 0.25) is 5.02 Å². The Labute approximate surface area is 120 Å². The molecule has 1 aromatic heterocycles. The third-order valence-corrected chi connectivity index (χ3v) is 3.81. The summed E-state index contributed by atoms with van der Waals surface area (Å²) in [5.41, 5.74) is 9.48. The largest absolute Gasteiger partial charge is 0.324 e. The third-order valence-electron chi connectivity index (χ3n) is 2.89. The molecule has 0 spiro atoms. The molecule has 2 N–H and O–H groups in total. The molecule has 0 radical (unpaired) electrons. The van der Waals surface area contributed by atoms with Gasteiger partial charge in [-0.3, -0.25) is 4.98 Å². The van der Waals surface area contributed by atoms with Gasteiger partial charge in [-0.05, 0) is 36.2 Å². The molecule has 0 bridgehead atoms. The number of halogens is 2. The van der Waals surface area contributed by atoms with Gasteiger partial charge in [0.05, 0.1) is 0 Å². The predicted molar refractivity (Wildman–Crippen MR) is 78.8 cm³/mol. The first kappa shape index (κ1) is 13.5. The van der Waals surface area contributed by atoms with Gasteiger partial charge in [0.2, 0.25) is 0 Å². The lowest BCUT2D eigenvalue weighted by Crippen LogP contribution is -2.15. The van der Waals surface area contributed by atoms with Crippen molar-refractivity contribution in [1.29, 1.82) is 0 Å². The lowest BCUT2D eigenvalue weighted by molar-refractivity contribution is 0.699. The van der Waals surface area contributed by atoms with Crippen LogP contribution in [0.15, 0.2) is 41.0 Å². The number of hydrogen-bond acceptors (Lipinski definition) is 2. The highest BCUT2D eigenvalue weighted by Crippen LogP contribution is 2.27. The molecule has 0 saturated carbocycles. The molecule has 1 heterocycles. The van der Waals surface area contributed by atoms with E-state index in [-0.39, 0.29) is 6.04 Å². The van der Waals surface area contributed by atoms with E-state index in [0.717, 1.165) is 21.3 Å². The molecule has 1 unspecified atom stereocenters. The smallest absolute Gasteiger partial charge is 0.0451 e. The first-order valence-electron chi connectivity index (χ1n) is 5.69. The molecule has 2 rings (SSSR count). The minimum Gasteiger partial charge on any atom is -0.324 e. The van der Waals surface area contributed by atoms with Gasteiger partial charge in [-0.1, -0.05) is 39.7 Å². The molecule has 1 atom stereocenters. The zero-order valence-corrected chi connectivity index (χ0v) is 12.4. The molecule has 2 nitrogen and oxygen atoms in total. The summed E-state index contributed by atoms with van der Waals surface area (Å²) in [6.07, 6.45) is 2.51. The molecular formula is C14H14BrClN2. The molecule has 0 amide bonds. The van der Waals surface area contributed by atoms with Gasteiger partial charge >= 0.3 is 0 Å². The summed E-state index contributed by atoms with van der Waals surface area (Å²) < 4.78 is 0.941. The molecule has 0 aliphatic heterocycles. The quantitative estimate of drug-likeness (QED) is 0.924. The van der Waals surface area contributed by atoms with Gasteiger partial charge in [-0.25, -0.2) is 0 Å². The second kappa shape index (κ2) is 5.83. The maximum absolute atomic E-state index is 6.23. The number of aromatic nitrogens is 1. The van der Waals surface area contributed by atoms with E-state index >= 15 is 0 Å². The van der Waals surface area contributed by atoms with Crippen molar-refractivity contribution in [1.82, 2.24) is 4.98 Å². The second-order valence-corrected chi connectivity index (χ2v) is 5.53. The lowest BCUT2D eigenvalue weighted by atomic mass is 10.0. The zero-order chi connectivity index (χ0) is 13.1. The summed E-state index contributed by atoms with van der Waals surface area (Å²) in [5.74, 6) is 0. The van der Waals surface area contributed by atoms with Gasteiger partial charge in [-0.15, -0.1) is 0 Å². The zero-order valence-electron chi connectivity index (χ0n) is 10.0. The standard InChI is InChI=1S/C14H14BrClN2/c1-9-3-2-6-18-14(9)8-13(17)11-5-4-10(16)7-12(11)15/h2-7,13H,8,17H2,1H3. The Kier molecular flexibility index (Phi) is 4.38. The first-order valence-corrected chi connectivity index (χ1v) is 6.86. The maximum Gasteiger partial charge on any atom is 0.0451 e. The maximum atomic E-state index is 6.23. The number of pyridine rings is 1. The van der Waals surface area contributed by atoms with E-state index < -0.39 is 0 Å². The molecule has 0 aliphatic carbocycles. The van der Waals surface area contributed by atoms with Crippen LogP contribution in [0.25, 0.3) is 0 Å². The summed E-state index contributed by atoms with van der Waals surface area (Å²) in [5, 5.41) is 0.701. The summed E-state index contributed by atoms with van der Waals surface area (Å²) in [7, 11) is 0. The van der Waals surface area contributed by atoms with Gasteiger partial charge in [0.15, 0.2) is 0 Å². The number of benzene rings is 1. The van der Waals surface area contributed by atoms with E-state index in [2.05, 4.69) is 20.9 Å². The van der Waals surface area contributed by atoms with Crippen molar-refractivity contribution >= 4 is 27.5 Å². The molecule has 0 saturated heterocycles. The number of hydrogen-bond donors (Lipinski definition) is 1. The number of aryl methyl sites for hydroxylation is 1. The van der Waals surface area contributed by atoms with Gasteiger partial charge in [0.1, 0.15) is 0 Å². The van der Waals surface area contributed by atoms with E-state index in [1.54, 1.807) is 6.20 Å². The Bertz CT molecular complexity index is 557. The van der Waals surface area contributed by atoms with Crippen molar-refractivity contribution in [2.75, 3.05) is 0 Å². The molecule has 0 aliphatic rings. The van der Waals surface area contributed by atoms with Crippen LogP contribution >= 0.6 is 27.5 Å². The fourth-order valence-corrected chi connectivity index (χ4v) is 2.83. The van der Waals surface area contributed by atoms with Gasteiger partial charge < -0.3 is 5.73 Å². The van der Waals surface area contributed by atoms with Crippen LogP contribution in [0.4, 0.5) is 0 Å². The third kappa shape index (κ3) is 3.10. The number of rotatable bonds is 3. The van der Waals surface area contributed by atoms with Crippen LogP contribution in [0, 0.1) is 6.92 Å². The number of nitrogens with two attached hydrogens (primary N) is 1. The average molecular weight is 326 g/mol. The lowest BCUT2D eigenvalue weighted by Gasteiger charge is -2.15. The highest BCUT2D eigenvalue weighted by atomic mass is 79.9. The van der Waals surface area contributed by atoms with Crippen LogP contribution in [-0.4, -0.2) is 4.98 Å². The highest BCUT2D eigenvalue weighted by Gasteiger charge is 2.12. The minimum absolute atomic E-state index is 0.0924. The Morgan fingerprint density at radius 2 is 2.17 bits per heavy atom. The van der Waals surface area contributed by atoms with E-state index in [0.29, 0.717) is 11.4 Å². The van der Waals surface area contributed by atoms with E-state index in [1.165, 1.54) is 0 Å². The Balaban J connectivity index is 2.22. The number of nitrogens with zero attached hydrogens (tertiary/aromatic N) is 1. The Hall–Kier alpha value is -0.900. The van der Waals surface area contributed by atoms with Crippen LogP contribution in [0.3, 0.4) is 0 Å². The van der Waals surface area contributed by atoms with Crippen LogP contribution < -0.4 is 5.73 Å². The molecule has 94 valence electrons. The van der Waals surface area contributed by atoms with Crippen molar-refractivity contribution < 1.29 is 0 Å². The second-order valence-electron chi connectivity index (χ2n) is 4.24. The summed E-state index contributed by atoms with van der Waals surface area (Å²) in [4.78, 5) is 4.37. The molecule has 4 heteroatoms. The molecule has 0 fully saturated rings. The Morgan fingerprint density at radius 3 is 2.83 bits per heavy atom. The van der Waals surface area contributed by atoms with Crippen LogP contribution in [-0.2, 0) is 6.42 Å². The van der Waals surface area contributed by atoms with Gasteiger partial charge in [0, 0.05) is 33.8 Å². The molecular weight excluding hydrogens is 312 g/mol. The average Bonchev–Trinajstić information content (AvgIpc) is 2.32. The highest BCUT2D eigenvalue weighted by molar-refractivity contribution is 9.10. The molecule has 2 aromatic rings. The SMILES string of the molecule is Cc1cccnc1CC(N)c1ccc(Cl)cc1Br. The fraction of sp³-hybridized carbons (Fsp3) is 0.214. The summed E-state index contributed by atoms with van der Waals surface area (Å²) >= 11 is 9.42. The van der Waals surface area contributed by atoms with E-state index in [4.69, 9.17) is 17.3 Å². The van der Waals surface area contributed by atoms with Crippen molar-refractivity contribution in [3.63, 3.8) is 0 Å². The topological polar surface area (TPSA) is 38.9 Å². The molecule has 18 heavy (non-hydrogen) atoms.